The third-order valence-electron chi connectivity index (χ3n) is 7.00. The number of alkyl halides is 3. The van der Waals surface area contributed by atoms with Gasteiger partial charge in [0.1, 0.15) is 0 Å². The van der Waals surface area contributed by atoms with Crippen molar-refractivity contribution in [2.45, 2.75) is 70.2 Å². The molecule has 6 nitrogen and oxygen atoms in total. The molecule has 1 aliphatic rings. The second-order valence-corrected chi connectivity index (χ2v) is 13.5. The van der Waals surface area contributed by atoms with Gasteiger partial charge in [0.05, 0.1) is 34.4 Å². The number of carbonyl (C=O) groups excluding carboxylic acids is 1. The molecule has 0 aliphatic carbocycles. The second-order valence-electron chi connectivity index (χ2n) is 10.2. The number of fused-ring (bicyclic) bond motifs is 1. The van der Waals surface area contributed by atoms with Crippen LogP contribution >= 0.6 is 11.3 Å². The van der Waals surface area contributed by atoms with E-state index in [1.54, 1.807) is 25.1 Å². The van der Waals surface area contributed by atoms with E-state index in [4.69, 9.17) is 4.98 Å². The highest BCUT2D eigenvalue weighted by Gasteiger charge is 2.39. The van der Waals surface area contributed by atoms with Gasteiger partial charge < -0.3 is 5.32 Å². The van der Waals surface area contributed by atoms with Crippen LogP contribution in [0.15, 0.2) is 53.4 Å². The van der Waals surface area contributed by atoms with Gasteiger partial charge in [-0.05, 0) is 48.6 Å². The number of hydrogen-bond acceptors (Lipinski definition) is 6. The van der Waals surface area contributed by atoms with E-state index in [1.165, 1.54) is 35.6 Å². The normalized spacial score (nSPS) is 16.9. The van der Waals surface area contributed by atoms with Gasteiger partial charge in [0, 0.05) is 17.5 Å². The monoisotopic (exact) mass is 579 g/mol. The molecule has 0 saturated heterocycles. The Morgan fingerprint density at radius 1 is 1.13 bits per heavy atom. The number of carbonyl (C=O) groups is 1. The first-order chi connectivity index (χ1) is 18.3. The average Bonchev–Trinajstić information content (AvgIpc) is 3.41. The number of nitrogens with zero attached hydrogens (tertiary/aromatic N) is 2. The van der Waals surface area contributed by atoms with Gasteiger partial charge in [-0.15, -0.1) is 11.3 Å². The van der Waals surface area contributed by atoms with Crippen LogP contribution in [0.5, 0.6) is 0 Å². The summed E-state index contributed by atoms with van der Waals surface area (Å²) in [5.74, 6) is -0.0885. The molecule has 4 rings (SSSR count). The molecule has 11 heteroatoms. The first-order valence-electron chi connectivity index (χ1n) is 12.8. The van der Waals surface area contributed by atoms with Crippen LogP contribution in [0.25, 0.3) is 0 Å². The molecule has 0 saturated carbocycles. The lowest BCUT2D eigenvalue weighted by Gasteiger charge is -2.33. The molecular weight excluding hydrogens is 547 g/mol. The minimum Gasteiger partial charge on any atom is -0.302 e. The van der Waals surface area contributed by atoms with Gasteiger partial charge in [-0.25, -0.2) is 13.4 Å². The van der Waals surface area contributed by atoms with Crippen LogP contribution in [0.1, 0.15) is 61.0 Å². The summed E-state index contributed by atoms with van der Waals surface area (Å²) in [4.78, 5) is 20.8. The van der Waals surface area contributed by atoms with E-state index in [0.29, 0.717) is 17.2 Å². The molecular formula is C28H32F3N3O3S2. The Morgan fingerprint density at radius 2 is 1.79 bits per heavy atom. The van der Waals surface area contributed by atoms with Crippen molar-refractivity contribution in [2.24, 2.45) is 5.92 Å². The lowest BCUT2D eigenvalue weighted by atomic mass is 9.96. The maximum absolute atomic E-state index is 13.5. The first kappa shape index (κ1) is 29.2. The molecule has 2 heterocycles. The van der Waals surface area contributed by atoms with Gasteiger partial charge in [-0.1, -0.05) is 51.1 Å². The molecule has 3 aromatic rings. The van der Waals surface area contributed by atoms with Crippen molar-refractivity contribution in [1.82, 2.24) is 9.88 Å². The van der Waals surface area contributed by atoms with Crippen molar-refractivity contribution in [3.8, 4) is 0 Å². The average molecular weight is 580 g/mol. The Hall–Kier alpha value is -2.76. The van der Waals surface area contributed by atoms with E-state index in [0.717, 1.165) is 16.6 Å². The molecule has 2 aromatic carbocycles. The third-order valence-corrected chi connectivity index (χ3v) is 9.72. The quantitative estimate of drug-likeness (QED) is 0.323. The van der Waals surface area contributed by atoms with E-state index in [2.05, 4.69) is 24.1 Å². The number of amides is 1. The topological polar surface area (TPSA) is 79.4 Å². The number of halogens is 3. The lowest BCUT2D eigenvalue weighted by molar-refractivity contribution is -0.138. The Kier molecular flexibility index (Phi) is 8.53. The van der Waals surface area contributed by atoms with Crippen molar-refractivity contribution in [3.05, 3.63) is 75.8 Å². The number of sulfone groups is 1. The summed E-state index contributed by atoms with van der Waals surface area (Å²) >= 11 is 1.38. The van der Waals surface area contributed by atoms with Crippen LogP contribution in [-0.4, -0.2) is 36.0 Å². The Bertz CT molecular complexity index is 1430. The van der Waals surface area contributed by atoms with Crippen molar-refractivity contribution < 1.29 is 26.4 Å². The van der Waals surface area contributed by atoms with Crippen molar-refractivity contribution in [3.63, 3.8) is 0 Å². The number of nitrogens with one attached hydrogen (secondary N) is 1. The molecule has 1 aromatic heterocycles. The summed E-state index contributed by atoms with van der Waals surface area (Å²) in [6, 6.07) is 11.8. The SMILES string of the molecule is CCS(=O)(=O)c1ccc(CC(=O)Nc2nc3c(s2)CN([C@H](C)Cc2ccccc2C(F)(F)F)C3C(C)C)cc1. The third kappa shape index (κ3) is 6.53. The Balaban J connectivity index is 1.44. The van der Waals surface area contributed by atoms with Crippen LogP contribution in [0.3, 0.4) is 0 Å². The zero-order valence-corrected chi connectivity index (χ0v) is 23.9. The molecule has 2 atom stereocenters. The first-order valence-corrected chi connectivity index (χ1v) is 15.3. The van der Waals surface area contributed by atoms with Gasteiger partial charge in [0.25, 0.3) is 0 Å². The zero-order valence-electron chi connectivity index (χ0n) is 22.2. The molecule has 0 spiro atoms. The van der Waals surface area contributed by atoms with Gasteiger partial charge in [0.15, 0.2) is 15.0 Å². The molecule has 1 N–H and O–H groups in total. The van der Waals surface area contributed by atoms with Crippen LogP contribution in [0.4, 0.5) is 18.3 Å². The van der Waals surface area contributed by atoms with Crippen molar-refractivity contribution in [2.75, 3.05) is 11.1 Å². The van der Waals surface area contributed by atoms with E-state index in [1.807, 2.05) is 6.92 Å². The summed E-state index contributed by atoms with van der Waals surface area (Å²) in [6.45, 7) is 8.19. The minimum atomic E-state index is -4.40. The summed E-state index contributed by atoms with van der Waals surface area (Å²) in [6.07, 6.45) is -4.07. The molecule has 39 heavy (non-hydrogen) atoms. The van der Waals surface area contributed by atoms with E-state index in [9.17, 15) is 26.4 Å². The zero-order chi connectivity index (χ0) is 28.5. The predicted molar refractivity (Wildman–Crippen MR) is 146 cm³/mol. The van der Waals surface area contributed by atoms with Crippen LogP contribution < -0.4 is 5.32 Å². The van der Waals surface area contributed by atoms with Crippen LogP contribution in [-0.2, 0) is 40.2 Å². The number of benzene rings is 2. The van der Waals surface area contributed by atoms with Crippen molar-refractivity contribution in [1.29, 1.82) is 0 Å². The molecule has 1 aliphatic heterocycles. The Morgan fingerprint density at radius 3 is 2.41 bits per heavy atom. The summed E-state index contributed by atoms with van der Waals surface area (Å²) < 4.78 is 64.6. The van der Waals surface area contributed by atoms with Gasteiger partial charge in [-0.3, -0.25) is 9.69 Å². The Labute approximate surface area is 231 Å². The fourth-order valence-corrected chi connectivity index (χ4v) is 6.96. The van der Waals surface area contributed by atoms with Gasteiger partial charge >= 0.3 is 6.18 Å². The smallest absolute Gasteiger partial charge is 0.302 e. The minimum absolute atomic E-state index is 0.00990. The standard InChI is InChI=1S/C28H32F3N3O3S2/c1-5-39(36,37)21-12-10-19(11-13-21)15-24(35)32-27-33-25-23(38-27)16-34(26(25)17(2)3)18(4)14-20-8-6-7-9-22(20)28(29,30)31/h6-13,17-18,26H,5,14-16H2,1-4H3,(H,32,33,35)/t18-,26?/m1/s1. The molecule has 0 bridgehead atoms. The highest BCUT2D eigenvalue weighted by molar-refractivity contribution is 7.91. The maximum Gasteiger partial charge on any atom is 0.416 e. The number of aromatic nitrogens is 1. The molecule has 1 amide bonds. The fraction of sp³-hybridized carbons (Fsp3) is 0.429. The number of anilines is 1. The maximum atomic E-state index is 13.5. The molecule has 210 valence electrons. The van der Waals surface area contributed by atoms with Crippen LogP contribution in [0.2, 0.25) is 0 Å². The highest BCUT2D eigenvalue weighted by atomic mass is 32.2. The summed E-state index contributed by atoms with van der Waals surface area (Å²) in [7, 11) is -3.30. The summed E-state index contributed by atoms with van der Waals surface area (Å²) in [5.41, 5.74) is 1.22. The van der Waals surface area contributed by atoms with Gasteiger partial charge in [0.2, 0.25) is 5.91 Å². The molecule has 0 fully saturated rings. The number of rotatable bonds is 9. The van der Waals surface area contributed by atoms with Crippen molar-refractivity contribution >= 4 is 32.2 Å². The fourth-order valence-electron chi connectivity index (χ4n) is 5.05. The highest BCUT2D eigenvalue weighted by Crippen LogP contribution is 2.44. The van der Waals surface area contributed by atoms with E-state index in [-0.39, 0.29) is 53.0 Å². The van der Waals surface area contributed by atoms with E-state index < -0.39 is 21.6 Å². The summed E-state index contributed by atoms with van der Waals surface area (Å²) in [5, 5.41) is 3.33. The lowest BCUT2D eigenvalue weighted by Crippen LogP contribution is -2.36. The van der Waals surface area contributed by atoms with E-state index >= 15 is 0 Å². The number of thiazole rings is 1. The number of hydrogen-bond donors (Lipinski definition) is 1. The molecule has 1 unspecified atom stereocenters. The second kappa shape index (κ2) is 11.4. The predicted octanol–water partition coefficient (Wildman–Crippen LogP) is 6.28. The van der Waals surface area contributed by atoms with Crippen LogP contribution in [0, 0.1) is 5.92 Å². The largest absolute Gasteiger partial charge is 0.416 e. The van der Waals surface area contributed by atoms with Gasteiger partial charge in [-0.2, -0.15) is 13.2 Å². The molecule has 0 radical (unpaired) electrons.